The number of aromatic nitrogens is 2. The predicted molar refractivity (Wildman–Crippen MR) is 270 cm³/mol. The van der Waals surface area contributed by atoms with Gasteiger partial charge in [0.2, 0.25) is 17.7 Å². The monoisotopic (exact) mass is 985 g/mol. The molecule has 5 aromatic rings. The molecule has 2 heterocycles. The van der Waals surface area contributed by atoms with Crippen LogP contribution in [0.4, 0.5) is 0 Å². The molecule has 0 spiro atoms. The number of benzene rings is 4. The van der Waals surface area contributed by atoms with Crippen LogP contribution in [-0.2, 0) is 19.1 Å². The van der Waals surface area contributed by atoms with Crippen LogP contribution >= 0.6 is 11.6 Å². The van der Waals surface area contributed by atoms with Crippen molar-refractivity contribution in [1.29, 1.82) is 5.26 Å². The Morgan fingerprint density at radius 3 is 2.13 bits per heavy atom. The molecule has 15 nitrogen and oxygen atoms in total. The van der Waals surface area contributed by atoms with Crippen LogP contribution in [0.25, 0.3) is 16.8 Å². The first-order chi connectivity index (χ1) is 33.6. The van der Waals surface area contributed by atoms with Crippen molar-refractivity contribution in [3.63, 3.8) is 0 Å². The molecular weight excluding hydrogens is 922 g/mol. The number of nitrogens with zero attached hydrogens (tertiary/aromatic N) is 4. The fraction of sp³-hybridized carbons (Fsp3) is 0.418. The molecule has 4 amide bonds. The van der Waals surface area contributed by atoms with E-state index in [0.717, 1.165) is 28.2 Å². The van der Waals surface area contributed by atoms with Crippen LogP contribution in [0.5, 0.6) is 11.5 Å². The van der Waals surface area contributed by atoms with Gasteiger partial charge in [-0.25, -0.2) is 4.98 Å². The Balaban J connectivity index is 0.847. The van der Waals surface area contributed by atoms with Gasteiger partial charge < -0.3 is 44.7 Å². The van der Waals surface area contributed by atoms with Gasteiger partial charge in [-0.2, -0.15) is 5.26 Å². The predicted octanol–water partition coefficient (Wildman–Crippen LogP) is 7.75. The molecule has 4 aromatic carbocycles. The van der Waals surface area contributed by atoms with Gasteiger partial charge in [-0.3, -0.25) is 19.2 Å². The highest BCUT2D eigenvalue weighted by Crippen LogP contribution is 2.55. The molecule has 374 valence electrons. The van der Waals surface area contributed by atoms with Crippen molar-refractivity contribution in [1.82, 2.24) is 30.4 Å². The van der Waals surface area contributed by atoms with Crippen molar-refractivity contribution < 1.29 is 38.5 Å². The Morgan fingerprint density at radius 1 is 0.901 bits per heavy atom. The smallest absolute Gasteiger partial charge is 0.251 e. The first-order valence-electron chi connectivity index (χ1n) is 23.8. The molecule has 4 atom stereocenters. The molecule has 0 bridgehead atoms. The van der Waals surface area contributed by atoms with Gasteiger partial charge in [0, 0.05) is 59.5 Å². The molecular formula is C55H64ClN7O8. The third-order valence-electron chi connectivity index (χ3n) is 13.6. The largest absolute Gasteiger partial charge is 0.491 e. The number of amides is 4. The van der Waals surface area contributed by atoms with Gasteiger partial charge in [0.05, 0.1) is 29.3 Å². The normalized spacial score (nSPS) is 19.9. The summed E-state index contributed by atoms with van der Waals surface area (Å²) in [4.78, 5) is 60.1. The van der Waals surface area contributed by atoms with Crippen LogP contribution in [0.15, 0.2) is 103 Å². The Labute approximate surface area is 420 Å². The van der Waals surface area contributed by atoms with Gasteiger partial charge in [0.1, 0.15) is 54.8 Å². The number of nitrogens with one attached hydrogen (secondary N) is 3. The molecule has 2 aliphatic rings. The lowest BCUT2D eigenvalue weighted by molar-refractivity contribution is -0.164. The lowest BCUT2D eigenvalue weighted by Gasteiger charge is -2.63. The summed E-state index contributed by atoms with van der Waals surface area (Å²) in [5, 5.41) is 29.3. The molecule has 7 rings (SSSR count). The molecule has 1 saturated heterocycles. The zero-order valence-electron chi connectivity index (χ0n) is 41.8. The van der Waals surface area contributed by atoms with Crippen LogP contribution in [-0.4, -0.2) is 99.9 Å². The van der Waals surface area contributed by atoms with Crippen LogP contribution in [0.1, 0.15) is 95.2 Å². The SMILES string of the molecule is Cc1nccn1-c1ccc([C@H](C)NC(=O)[C@@H]2C[C@@H](O)CN2C(=O)[C@@H](NC(=O)COCCOc2ccc(-c3ccc(C(=O)N[C@H]4C(C)(C)[C@H](Oc5ccc(C#N)c(Cl)c5)C4(C)C)cc3)cc2)C(C)(C)C)cc1. The van der Waals surface area contributed by atoms with E-state index >= 15 is 0 Å². The average Bonchev–Trinajstić information content (AvgIpc) is 3.96. The molecule has 71 heavy (non-hydrogen) atoms. The number of nitriles is 1. The number of ether oxygens (including phenoxy) is 3. The molecule has 4 N–H and O–H groups in total. The van der Waals surface area contributed by atoms with E-state index in [-0.39, 0.29) is 62.8 Å². The quantitative estimate of drug-likeness (QED) is 0.0669. The lowest BCUT2D eigenvalue weighted by Crippen LogP contribution is -2.74. The summed E-state index contributed by atoms with van der Waals surface area (Å²) >= 11 is 6.25. The highest BCUT2D eigenvalue weighted by atomic mass is 35.5. The maximum atomic E-state index is 14.1. The van der Waals surface area contributed by atoms with Crippen molar-refractivity contribution in [3.8, 4) is 34.4 Å². The van der Waals surface area contributed by atoms with E-state index in [1.165, 1.54) is 4.90 Å². The van der Waals surface area contributed by atoms with E-state index in [1.807, 2.05) is 106 Å². The fourth-order valence-corrected chi connectivity index (χ4v) is 10.3. The van der Waals surface area contributed by atoms with Crippen LogP contribution in [0, 0.1) is 34.5 Å². The van der Waals surface area contributed by atoms with Gasteiger partial charge in [-0.15, -0.1) is 0 Å². The number of aliphatic hydroxyl groups is 1. The highest BCUT2D eigenvalue weighted by Gasteiger charge is 2.64. The lowest BCUT2D eigenvalue weighted by atomic mass is 9.49. The van der Waals surface area contributed by atoms with E-state index in [2.05, 4.69) is 54.7 Å². The van der Waals surface area contributed by atoms with Crippen molar-refractivity contribution in [2.45, 2.75) is 105 Å². The third-order valence-corrected chi connectivity index (χ3v) is 13.9. The van der Waals surface area contributed by atoms with Crippen molar-refractivity contribution in [2.75, 3.05) is 26.4 Å². The molecule has 0 radical (unpaired) electrons. The molecule has 2 fully saturated rings. The summed E-state index contributed by atoms with van der Waals surface area (Å²) in [5.41, 5.74) is 3.05. The molecule has 16 heteroatoms. The Kier molecular flexibility index (Phi) is 15.6. The number of β-amino-alcohol motifs (C(OH)–C–C–N with tert-alkyl or cyclic N) is 1. The van der Waals surface area contributed by atoms with Gasteiger partial charge in [0.25, 0.3) is 5.91 Å². The number of carbonyl (C=O) groups excluding carboxylic acids is 4. The summed E-state index contributed by atoms with van der Waals surface area (Å²) < 4.78 is 19.8. The molecule has 1 aromatic heterocycles. The summed E-state index contributed by atoms with van der Waals surface area (Å²) in [6.07, 6.45) is 2.57. The second kappa shape index (κ2) is 21.3. The van der Waals surface area contributed by atoms with E-state index in [1.54, 1.807) is 36.5 Å². The first-order valence-corrected chi connectivity index (χ1v) is 24.2. The number of hydrogen-bond donors (Lipinski definition) is 4. The third kappa shape index (κ3) is 11.7. The van der Waals surface area contributed by atoms with E-state index in [0.29, 0.717) is 27.6 Å². The zero-order valence-corrected chi connectivity index (χ0v) is 42.5. The number of rotatable bonds is 17. The minimum absolute atomic E-state index is 0.0380. The number of likely N-dealkylation sites (tertiary alicyclic amines) is 1. The summed E-state index contributed by atoms with van der Waals surface area (Å²) in [5.74, 6) is 0.488. The molecule has 1 saturated carbocycles. The second-order valence-corrected chi connectivity index (χ2v) is 21.1. The minimum atomic E-state index is -0.997. The highest BCUT2D eigenvalue weighted by molar-refractivity contribution is 6.31. The zero-order chi connectivity index (χ0) is 51.4. The van der Waals surface area contributed by atoms with Gasteiger partial charge >= 0.3 is 0 Å². The van der Waals surface area contributed by atoms with Crippen LogP contribution in [0.2, 0.25) is 5.02 Å². The van der Waals surface area contributed by atoms with Gasteiger partial charge in [-0.05, 0) is 84.5 Å². The van der Waals surface area contributed by atoms with Crippen LogP contribution < -0.4 is 25.4 Å². The Hall–Kier alpha value is -6.73. The minimum Gasteiger partial charge on any atom is -0.491 e. The molecule has 1 aliphatic carbocycles. The Morgan fingerprint density at radius 2 is 1.54 bits per heavy atom. The molecule has 1 aliphatic heterocycles. The van der Waals surface area contributed by atoms with Crippen molar-refractivity contribution in [3.05, 3.63) is 131 Å². The van der Waals surface area contributed by atoms with E-state index in [9.17, 15) is 29.5 Å². The summed E-state index contributed by atoms with van der Waals surface area (Å²) in [6.45, 7) is 17.4. The average molecular weight is 987 g/mol. The van der Waals surface area contributed by atoms with E-state index < -0.39 is 46.2 Å². The van der Waals surface area contributed by atoms with Crippen LogP contribution in [0.3, 0.4) is 0 Å². The van der Waals surface area contributed by atoms with Crippen molar-refractivity contribution in [2.24, 2.45) is 16.2 Å². The molecule has 0 unspecified atom stereocenters. The maximum Gasteiger partial charge on any atom is 0.251 e. The van der Waals surface area contributed by atoms with Gasteiger partial charge in [-0.1, -0.05) is 96.5 Å². The van der Waals surface area contributed by atoms with Gasteiger partial charge in [0.15, 0.2) is 0 Å². The number of aliphatic hydroxyl groups excluding tert-OH is 1. The topological polar surface area (TPSA) is 197 Å². The summed E-state index contributed by atoms with van der Waals surface area (Å²) in [6, 6.07) is 27.3. The maximum absolute atomic E-state index is 14.1. The number of aryl methyl sites for hydroxylation is 1. The number of hydrogen-bond acceptors (Lipinski definition) is 10. The van der Waals surface area contributed by atoms with E-state index in [4.69, 9.17) is 25.8 Å². The number of carbonyl (C=O) groups is 4. The second-order valence-electron chi connectivity index (χ2n) is 20.7. The Bertz CT molecular complexity index is 2740. The summed E-state index contributed by atoms with van der Waals surface area (Å²) in [7, 11) is 0. The first kappa shape index (κ1) is 52.1. The fourth-order valence-electron chi connectivity index (χ4n) is 10.0. The van der Waals surface area contributed by atoms with Crippen molar-refractivity contribution >= 4 is 35.2 Å². The standard InChI is InChI=1S/C55H64ClN7O8/c1-33(35-14-19-40(20-15-35)62-25-24-58-34(62)2)59-49(67)45-28-41(64)31-63(45)50(68)47(53(3,4)5)60-46(65)32-69-26-27-70-42-21-16-37(17-22-42)36-10-12-38(13-11-36)48(66)61-51-54(6,7)52(55(51,8)9)71-43-23-18-39(30-57)44(56)29-43/h10-25,29,33,41,45,47,51-52,64H,26-28,31-32H2,1-9H3,(H,59,67)(H,60,65)(H,61,66)/t33-,41+,45-,47+,51-,52-/m0/s1. The number of halogens is 1. The number of imidazole rings is 1.